The van der Waals surface area contributed by atoms with E-state index in [0.29, 0.717) is 18.7 Å². The van der Waals surface area contributed by atoms with Gasteiger partial charge in [-0.2, -0.15) is 0 Å². The van der Waals surface area contributed by atoms with Crippen molar-refractivity contribution in [3.05, 3.63) is 30.1 Å². The summed E-state index contributed by atoms with van der Waals surface area (Å²) in [6.45, 7) is 2.29. The number of amides is 2. The molecule has 5 nitrogen and oxygen atoms in total. The van der Waals surface area contributed by atoms with Crippen LogP contribution in [0.1, 0.15) is 17.3 Å². The molecule has 1 aromatic heterocycles. The summed E-state index contributed by atoms with van der Waals surface area (Å²) >= 11 is 5.56. The van der Waals surface area contributed by atoms with Crippen LogP contribution in [-0.2, 0) is 4.79 Å². The maximum atomic E-state index is 11.5. The van der Waals surface area contributed by atoms with Crippen LogP contribution in [0.4, 0.5) is 0 Å². The second-order valence-corrected chi connectivity index (χ2v) is 4.06. The van der Waals surface area contributed by atoms with Crippen LogP contribution < -0.4 is 10.6 Å². The van der Waals surface area contributed by atoms with Gasteiger partial charge in [-0.15, -0.1) is 11.6 Å². The maximum absolute atomic E-state index is 11.5. The van der Waals surface area contributed by atoms with Crippen molar-refractivity contribution in [2.24, 2.45) is 0 Å². The van der Waals surface area contributed by atoms with Crippen LogP contribution >= 0.6 is 11.6 Å². The Morgan fingerprint density at radius 1 is 1.41 bits per heavy atom. The number of pyridine rings is 1. The number of nitrogens with one attached hydrogen (secondary N) is 2. The molecular weight excluding hydrogens is 242 g/mol. The highest BCUT2D eigenvalue weighted by Crippen LogP contribution is 1.94. The van der Waals surface area contributed by atoms with Gasteiger partial charge in [-0.3, -0.25) is 14.6 Å². The standard InChI is InChI=1S/C11H14ClN3O2/c1-8(12)10(16)14-5-6-15-11(17)9-3-2-4-13-7-9/h2-4,7-8H,5-6H2,1H3,(H,14,16)(H,15,17). The van der Waals surface area contributed by atoms with E-state index in [-0.39, 0.29) is 11.8 Å². The van der Waals surface area contributed by atoms with E-state index in [9.17, 15) is 9.59 Å². The highest BCUT2D eigenvalue weighted by Gasteiger charge is 2.08. The molecule has 0 aliphatic heterocycles. The fourth-order valence-corrected chi connectivity index (χ4v) is 1.18. The molecule has 6 heteroatoms. The lowest BCUT2D eigenvalue weighted by Gasteiger charge is -2.07. The van der Waals surface area contributed by atoms with Crippen molar-refractivity contribution in [1.29, 1.82) is 0 Å². The smallest absolute Gasteiger partial charge is 0.252 e. The molecule has 1 heterocycles. The lowest BCUT2D eigenvalue weighted by molar-refractivity contribution is -0.120. The van der Waals surface area contributed by atoms with Gasteiger partial charge in [0, 0.05) is 25.5 Å². The Morgan fingerprint density at radius 2 is 2.12 bits per heavy atom. The molecule has 1 aromatic rings. The summed E-state index contributed by atoms with van der Waals surface area (Å²) in [6, 6.07) is 3.35. The molecule has 1 rings (SSSR count). The van der Waals surface area contributed by atoms with Gasteiger partial charge in [0.25, 0.3) is 5.91 Å². The van der Waals surface area contributed by atoms with Crippen molar-refractivity contribution in [3.8, 4) is 0 Å². The van der Waals surface area contributed by atoms with Crippen molar-refractivity contribution in [3.63, 3.8) is 0 Å². The van der Waals surface area contributed by atoms with Gasteiger partial charge in [-0.1, -0.05) is 0 Å². The van der Waals surface area contributed by atoms with Gasteiger partial charge in [0.1, 0.15) is 5.38 Å². The van der Waals surface area contributed by atoms with Crippen LogP contribution in [-0.4, -0.2) is 35.3 Å². The minimum atomic E-state index is -0.566. The molecule has 1 atom stereocenters. The number of rotatable bonds is 5. The molecule has 0 saturated heterocycles. The molecular formula is C11H14ClN3O2. The van der Waals surface area contributed by atoms with Crippen LogP contribution in [0.2, 0.25) is 0 Å². The quantitative estimate of drug-likeness (QED) is 0.596. The average molecular weight is 256 g/mol. The van der Waals surface area contributed by atoms with E-state index in [2.05, 4.69) is 15.6 Å². The number of aromatic nitrogens is 1. The fraction of sp³-hybridized carbons (Fsp3) is 0.364. The lowest BCUT2D eigenvalue weighted by atomic mass is 10.3. The van der Waals surface area contributed by atoms with Crippen LogP contribution in [0.3, 0.4) is 0 Å². The molecule has 2 amide bonds. The minimum absolute atomic E-state index is 0.216. The Bertz CT molecular complexity index is 382. The second kappa shape index (κ2) is 6.85. The normalized spacial score (nSPS) is 11.6. The van der Waals surface area contributed by atoms with Gasteiger partial charge in [0.2, 0.25) is 5.91 Å². The molecule has 0 bridgehead atoms. The third-order valence-electron chi connectivity index (χ3n) is 1.99. The molecule has 0 radical (unpaired) electrons. The predicted molar refractivity (Wildman–Crippen MR) is 64.9 cm³/mol. The molecule has 1 unspecified atom stereocenters. The van der Waals surface area contributed by atoms with E-state index < -0.39 is 5.38 Å². The summed E-state index contributed by atoms with van der Waals surface area (Å²) in [5.74, 6) is -0.464. The lowest BCUT2D eigenvalue weighted by Crippen LogP contribution is -2.37. The number of carbonyl (C=O) groups excluding carboxylic acids is 2. The summed E-state index contributed by atoms with van der Waals surface area (Å²) < 4.78 is 0. The highest BCUT2D eigenvalue weighted by molar-refractivity contribution is 6.30. The molecule has 0 spiro atoms. The third kappa shape index (κ3) is 4.82. The number of halogens is 1. The Kier molecular flexibility index (Phi) is 5.42. The first-order chi connectivity index (χ1) is 8.11. The number of nitrogens with zero attached hydrogens (tertiary/aromatic N) is 1. The topological polar surface area (TPSA) is 71.1 Å². The van der Waals surface area contributed by atoms with Crippen molar-refractivity contribution >= 4 is 23.4 Å². The summed E-state index contributed by atoms with van der Waals surface area (Å²) in [5.41, 5.74) is 0.490. The zero-order valence-corrected chi connectivity index (χ0v) is 10.2. The Labute approximate surface area is 105 Å². The minimum Gasteiger partial charge on any atom is -0.353 e. The monoisotopic (exact) mass is 255 g/mol. The number of alkyl halides is 1. The van der Waals surface area contributed by atoms with Crippen LogP contribution in [0, 0.1) is 0 Å². The Hall–Kier alpha value is -1.62. The van der Waals surface area contributed by atoms with E-state index in [4.69, 9.17) is 11.6 Å². The first-order valence-corrected chi connectivity index (χ1v) is 5.65. The molecule has 0 saturated carbocycles. The van der Waals surface area contributed by atoms with E-state index in [0.717, 1.165) is 0 Å². The zero-order valence-electron chi connectivity index (χ0n) is 9.44. The third-order valence-corrected chi connectivity index (χ3v) is 2.19. The Balaban J connectivity index is 2.24. The second-order valence-electron chi connectivity index (χ2n) is 3.40. The van der Waals surface area contributed by atoms with Gasteiger partial charge in [-0.05, 0) is 19.1 Å². The van der Waals surface area contributed by atoms with Gasteiger partial charge in [-0.25, -0.2) is 0 Å². The van der Waals surface area contributed by atoms with Crippen molar-refractivity contribution < 1.29 is 9.59 Å². The van der Waals surface area contributed by atoms with Crippen molar-refractivity contribution in [1.82, 2.24) is 15.6 Å². The first-order valence-electron chi connectivity index (χ1n) is 5.21. The van der Waals surface area contributed by atoms with Gasteiger partial charge >= 0.3 is 0 Å². The largest absolute Gasteiger partial charge is 0.353 e. The Morgan fingerprint density at radius 3 is 2.71 bits per heavy atom. The van der Waals surface area contributed by atoms with E-state index in [1.54, 1.807) is 25.3 Å². The van der Waals surface area contributed by atoms with Gasteiger partial charge in [0.05, 0.1) is 5.56 Å². The van der Waals surface area contributed by atoms with E-state index in [1.807, 2.05) is 0 Å². The molecule has 0 aliphatic rings. The molecule has 92 valence electrons. The number of hydrogen-bond donors (Lipinski definition) is 2. The average Bonchev–Trinajstić information content (AvgIpc) is 2.35. The molecule has 17 heavy (non-hydrogen) atoms. The summed E-state index contributed by atoms with van der Waals surface area (Å²) in [6.07, 6.45) is 3.08. The van der Waals surface area contributed by atoms with Crippen molar-refractivity contribution in [2.45, 2.75) is 12.3 Å². The zero-order chi connectivity index (χ0) is 12.7. The van der Waals surface area contributed by atoms with Gasteiger partial charge in [0.15, 0.2) is 0 Å². The van der Waals surface area contributed by atoms with E-state index >= 15 is 0 Å². The maximum Gasteiger partial charge on any atom is 0.252 e. The summed E-state index contributed by atoms with van der Waals surface area (Å²) in [7, 11) is 0. The summed E-state index contributed by atoms with van der Waals surface area (Å²) in [5, 5.41) is 4.68. The molecule has 0 aliphatic carbocycles. The van der Waals surface area contributed by atoms with Gasteiger partial charge < -0.3 is 10.6 Å². The SMILES string of the molecule is CC(Cl)C(=O)NCCNC(=O)c1cccnc1. The van der Waals surface area contributed by atoms with Crippen LogP contribution in [0.25, 0.3) is 0 Å². The highest BCUT2D eigenvalue weighted by atomic mass is 35.5. The molecule has 0 fully saturated rings. The molecule has 2 N–H and O–H groups in total. The summed E-state index contributed by atoms with van der Waals surface area (Å²) in [4.78, 5) is 26.5. The first kappa shape index (κ1) is 13.4. The van der Waals surface area contributed by atoms with E-state index in [1.165, 1.54) is 6.20 Å². The predicted octanol–water partition coefficient (Wildman–Crippen LogP) is 0.555. The molecule has 0 aromatic carbocycles. The fourth-order valence-electron chi connectivity index (χ4n) is 1.10. The van der Waals surface area contributed by atoms with Crippen LogP contribution in [0.5, 0.6) is 0 Å². The van der Waals surface area contributed by atoms with Crippen molar-refractivity contribution in [2.75, 3.05) is 13.1 Å². The number of hydrogen-bond acceptors (Lipinski definition) is 3. The number of carbonyl (C=O) groups is 2. The van der Waals surface area contributed by atoms with Crippen LogP contribution in [0.15, 0.2) is 24.5 Å².